The lowest BCUT2D eigenvalue weighted by Gasteiger charge is -2.33. The molecule has 0 radical (unpaired) electrons. The van der Waals surface area contributed by atoms with Crippen molar-refractivity contribution in [3.8, 4) is 0 Å². The summed E-state index contributed by atoms with van der Waals surface area (Å²) in [7, 11) is 0. The molecule has 2 aliphatic rings. The van der Waals surface area contributed by atoms with Crippen molar-refractivity contribution in [3.63, 3.8) is 0 Å². The molecular weight excluding hydrogens is 276 g/mol. The van der Waals surface area contributed by atoms with E-state index in [4.69, 9.17) is 5.11 Å². The van der Waals surface area contributed by atoms with Crippen molar-refractivity contribution < 1.29 is 9.90 Å². The van der Waals surface area contributed by atoms with Crippen LogP contribution in [0.4, 0.5) is 0 Å². The maximum absolute atomic E-state index is 12.5. The minimum Gasteiger partial charge on any atom is -0.396 e. The predicted octanol–water partition coefficient (Wildman–Crippen LogP) is 1.49. The number of rotatable bonds is 4. The number of hydrogen-bond acceptors (Lipinski definition) is 3. The van der Waals surface area contributed by atoms with E-state index in [0.717, 1.165) is 25.9 Å². The maximum Gasteiger partial charge on any atom is 0.237 e. The lowest BCUT2D eigenvalue weighted by molar-refractivity contribution is -0.126. The molecule has 3 rings (SSSR count). The SMILES string of the molecule is CC(C(=O)N[C@@H]1C=C[C@H](CO)C1)N1CCc2ccccc2C1. The zero-order valence-electron chi connectivity index (χ0n) is 13.0. The highest BCUT2D eigenvalue weighted by Gasteiger charge is 2.27. The van der Waals surface area contributed by atoms with E-state index < -0.39 is 0 Å². The summed E-state index contributed by atoms with van der Waals surface area (Å²) < 4.78 is 0. The molecule has 4 heteroatoms. The average Bonchev–Trinajstić information content (AvgIpc) is 3.01. The van der Waals surface area contributed by atoms with Crippen LogP contribution in [0.1, 0.15) is 24.5 Å². The van der Waals surface area contributed by atoms with Gasteiger partial charge in [0.15, 0.2) is 0 Å². The minimum atomic E-state index is -0.130. The van der Waals surface area contributed by atoms with Gasteiger partial charge in [-0.05, 0) is 30.9 Å². The minimum absolute atomic E-state index is 0.0594. The van der Waals surface area contributed by atoms with Gasteiger partial charge < -0.3 is 10.4 Å². The molecule has 118 valence electrons. The van der Waals surface area contributed by atoms with Gasteiger partial charge >= 0.3 is 0 Å². The molecule has 1 heterocycles. The van der Waals surface area contributed by atoms with E-state index in [1.165, 1.54) is 11.1 Å². The van der Waals surface area contributed by atoms with E-state index in [1.54, 1.807) is 0 Å². The Morgan fingerprint density at radius 1 is 1.36 bits per heavy atom. The maximum atomic E-state index is 12.5. The van der Waals surface area contributed by atoms with Crippen LogP contribution in [0.15, 0.2) is 36.4 Å². The van der Waals surface area contributed by atoms with Crippen LogP contribution in [0.5, 0.6) is 0 Å². The molecule has 1 aromatic carbocycles. The molecule has 0 fully saturated rings. The van der Waals surface area contributed by atoms with Crippen molar-refractivity contribution in [3.05, 3.63) is 47.5 Å². The summed E-state index contributed by atoms with van der Waals surface area (Å²) in [5.41, 5.74) is 2.73. The zero-order chi connectivity index (χ0) is 15.5. The molecule has 2 N–H and O–H groups in total. The Bertz CT molecular complexity index is 570. The number of nitrogens with zero attached hydrogens (tertiary/aromatic N) is 1. The molecule has 0 bridgehead atoms. The van der Waals surface area contributed by atoms with Gasteiger partial charge in [0.2, 0.25) is 5.91 Å². The van der Waals surface area contributed by atoms with Crippen LogP contribution in [0.25, 0.3) is 0 Å². The summed E-state index contributed by atoms with van der Waals surface area (Å²) in [6.07, 6.45) is 5.80. The van der Waals surface area contributed by atoms with E-state index in [-0.39, 0.29) is 30.5 Å². The topological polar surface area (TPSA) is 52.6 Å². The Hall–Kier alpha value is -1.65. The normalized spacial score (nSPS) is 25.7. The quantitative estimate of drug-likeness (QED) is 0.828. The molecule has 0 saturated heterocycles. The summed E-state index contributed by atoms with van der Waals surface area (Å²) in [5.74, 6) is 0.259. The zero-order valence-corrected chi connectivity index (χ0v) is 13.0. The van der Waals surface area contributed by atoms with Crippen molar-refractivity contribution in [2.45, 2.75) is 38.4 Å². The standard InChI is InChI=1S/C18H24N2O2/c1-13(18(22)19-17-7-6-14(10-17)12-21)20-9-8-15-4-2-3-5-16(15)11-20/h2-7,13-14,17,21H,8-12H2,1H3,(H,19,22)/t13?,14-,17+/m0/s1. The Morgan fingerprint density at radius 3 is 2.86 bits per heavy atom. The van der Waals surface area contributed by atoms with E-state index >= 15 is 0 Å². The van der Waals surface area contributed by atoms with E-state index in [0.29, 0.717) is 0 Å². The van der Waals surface area contributed by atoms with Gasteiger partial charge in [0.05, 0.1) is 6.04 Å². The van der Waals surface area contributed by atoms with Crippen LogP contribution in [0.2, 0.25) is 0 Å². The highest BCUT2D eigenvalue weighted by molar-refractivity contribution is 5.82. The molecule has 0 aromatic heterocycles. The van der Waals surface area contributed by atoms with Crippen LogP contribution in [0.3, 0.4) is 0 Å². The van der Waals surface area contributed by atoms with Gasteiger partial charge in [0, 0.05) is 31.7 Å². The first kappa shape index (κ1) is 15.3. The average molecular weight is 300 g/mol. The number of nitrogens with one attached hydrogen (secondary N) is 1. The molecule has 0 saturated carbocycles. The fraction of sp³-hybridized carbons (Fsp3) is 0.500. The van der Waals surface area contributed by atoms with Gasteiger partial charge in [-0.1, -0.05) is 36.4 Å². The van der Waals surface area contributed by atoms with Crippen LogP contribution >= 0.6 is 0 Å². The fourth-order valence-corrected chi connectivity index (χ4v) is 3.33. The first-order valence-corrected chi connectivity index (χ1v) is 8.07. The highest BCUT2D eigenvalue weighted by atomic mass is 16.3. The van der Waals surface area contributed by atoms with Crippen LogP contribution < -0.4 is 5.32 Å². The molecule has 1 aliphatic heterocycles. The van der Waals surface area contributed by atoms with Crippen LogP contribution in [-0.4, -0.2) is 41.1 Å². The molecule has 1 amide bonds. The summed E-state index contributed by atoms with van der Waals surface area (Å²) >= 11 is 0. The number of benzene rings is 1. The van der Waals surface area contributed by atoms with Gasteiger partial charge in [-0.2, -0.15) is 0 Å². The molecule has 1 unspecified atom stereocenters. The number of hydrogen-bond donors (Lipinski definition) is 2. The van der Waals surface area contributed by atoms with Crippen LogP contribution in [0, 0.1) is 5.92 Å². The van der Waals surface area contributed by atoms with E-state index in [1.807, 2.05) is 19.1 Å². The number of aliphatic hydroxyl groups is 1. The van der Waals surface area contributed by atoms with Crippen molar-refractivity contribution in [2.75, 3.05) is 13.2 Å². The molecule has 4 nitrogen and oxygen atoms in total. The van der Waals surface area contributed by atoms with Crippen molar-refractivity contribution >= 4 is 5.91 Å². The van der Waals surface area contributed by atoms with Crippen molar-refractivity contribution in [1.82, 2.24) is 10.2 Å². The lowest BCUT2D eigenvalue weighted by Crippen LogP contribution is -2.49. The van der Waals surface area contributed by atoms with Gasteiger partial charge in [-0.3, -0.25) is 9.69 Å². The lowest BCUT2D eigenvalue weighted by atomic mass is 9.98. The van der Waals surface area contributed by atoms with Crippen LogP contribution in [-0.2, 0) is 17.8 Å². The highest BCUT2D eigenvalue weighted by Crippen LogP contribution is 2.21. The second kappa shape index (κ2) is 6.63. The van der Waals surface area contributed by atoms with E-state index in [9.17, 15) is 4.79 Å². The Kier molecular flexibility index (Phi) is 4.60. The Balaban J connectivity index is 1.57. The van der Waals surface area contributed by atoms with E-state index in [2.05, 4.69) is 34.5 Å². The third-order valence-corrected chi connectivity index (χ3v) is 4.82. The van der Waals surface area contributed by atoms with Gasteiger partial charge in [-0.15, -0.1) is 0 Å². The molecule has 22 heavy (non-hydrogen) atoms. The molecule has 0 spiro atoms. The second-order valence-electron chi connectivity index (χ2n) is 6.34. The Morgan fingerprint density at radius 2 is 2.14 bits per heavy atom. The molecular formula is C18H24N2O2. The molecule has 3 atom stereocenters. The third kappa shape index (κ3) is 3.23. The Labute approximate surface area is 131 Å². The largest absolute Gasteiger partial charge is 0.396 e. The third-order valence-electron chi connectivity index (χ3n) is 4.82. The second-order valence-corrected chi connectivity index (χ2v) is 6.34. The van der Waals surface area contributed by atoms with Crippen molar-refractivity contribution in [1.29, 1.82) is 0 Å². The first-order valence-electron chi connectivity index (χ1n) is 8.07. The van der Waals surface area contributed by atoms with Gasteiger partial charge in [0.1, 0.15) is 0 Å². The summed E-state index contributed by atoms with van der Waals surface area (Å²) in [5, 5.41) is 12.2. The summed E-state index contributed by atoms with van der Waals surface area (Å²) in [4.78, 5) is 14.7. The number of fused-ring (bicyclic) bond motifs is 1. The molecule has 1 aromatic rings. The fourth-order valence-electron chi connectivity index (χ4n) is 3.33. The number of amides is 1. The van der Waals surface area contributed by atoms with Crippen molar-refractivity contribution in [2.24, 2.45) is 5.92 Å². The first-order chi connectivity index (χ1) is 10.7. The monoisotopic (exact) mass is 300 g/mol. The number of carbonyl (C=O) groups is 1. The summed E-state index contributed by atoms with van der Waals surface area (Å²) in [6, 6.07) is 8.40. The van der Waals surface area contributed by atoms with Gasteiger partial charge in [-0.25, -0.2) is 0 Å². The van der Waals surface area contributed by atoms with Gasteiger partial charge in [0.25, 0.3) is 0 Å². The number of aliphatic hydroxyl groups excluding tert-OH is 1. The molecule has 1 aliphatic carbocycles. The smallest absolute Gasteiger partial charge is 0.237 e. The predicted molar refractivity (Wildman–Crippen MR) is 86.3 cm³/mol. The number of carbonyl (C=O) groups excluding carboxylic acids is 1. The summed E-state index contributed by atoms with van der Waals surface area (Å²) in [6.45, 7) is 3.89.